The standard InChI is InChI=1S/C6H17F2N2P/c1-6(2,3)11(7,8,9-4)10-5/h9-10H,1-5H3. The summed E-state index contributed by atoms with van der Waals surface area (Å²) < 4.78 is 27.4. The van der Waals surface area contributed by atoms with Gasteiger partial charge in [0, 0.05) is 0 Å². The van der Waals surface area contributed by atoms with Crippen molar-refractivity contribution in [2.45, 2.75) is 25.9 Å². The fourth-order valence-electron chi connectivity index (χ4n) is 0.783. The summed E-state index contributed by atoms with van der Waals surface area (Å²) in [6.07, 6.45) is 0. The van der Waals surface area contributed by atoms with Gasteiger partial charge in [-0.3, -0.25) is 0 Å². The number of hydrogen-bond acceptors (Lipinski definition) is 2. The zero-order valence-corrected chi connectivity index (χ0v) is 8.60. The van der Waals surface area contributed by atoms with Gasteiger partial charge in [-0.2, -0.15) is 0 Å². The Kier molecular flexibility index (Phi) is 2.66. The van der Waals surface area contributed by atoms with E-state index in [0.717, 1.165) is 0 Å². The van der Waals surface area contributed by atoms with Gasteiger partial charge >= 0.3 is 66.1 Å². The van der Waals surface area contributed by atoms with E-state index in [-0.39, 0.29) is 0 Å². The normalized spacial score (nSPS) is 17.5. The molecule has 0 radical (unpaired) electrons. The molecule has 0 bridgehead atoms. The van der Waals surface area contributed by atoms with E-state index in [2.05, 4.69) is 10.2 Å². The van der Waals surface area contributed by atoms with Gasteiger partial charge in [0.25, 0.3) is 0 Å². The average molecular weight is 186 g/mol. The molecule has 0 aliphatic rings. The van der Waals surface area contributed by atoms with Crippen LogP contribution in [0.3, 0.4) is 0 Å². The molecule has 0 heterocycles. The van der Waals surface area contributed by atoms with Crippen LogP contribution in [0, 0.1) is 0 Å². The Morgan fingerprint density at radius 2 is 1.27 bits per heavy atom. The topological polar surface area (TPSA) is 24.1 Å². The van der Waals surface area contributed by atoms with Gasteiger partial charge in [-0.15, -0.1) is 0 Å². The Morgan fingerprint density at radius 3 is 1.27 bits per heavy atom. The van der Waals surface area contributed by atoms with Crippen molar-refractivity contribution in [3.63, 3.8) is 0 Å². The van der Waals surface area contributed by atoms with Crippen LogP contribution in [0.15, 0.2) is 0 Å². The van der Waals surface area contributed by atoms with Gasteiger partial charge in [0.15, 0.2) is 0 Å². The molecular formula is C6H17F2N2P. The maximum absolute atomic E-state index is 13.7. The van der Waals surface area contributed by atoms with Crippen LogP contribution in [0.1, 0.15) is 20.8 Å². The molecule has 2 nitrogen and oxygen atoms in total. The SMILES string of the molecule is CNP(F)(F)(NC)C(C)(C)C. The van der Waals surface area contributed by atoms with E-state index in [1.165, 1.54) is 34.9 Å². The Morgan fingerprint density at radius 1 is 1.00 bits per heavy atom. The Labute approximate surface area is 67.0 Å². The third-order valence-corrected chi connectivity index (χ3v) is 5.89. The van der Waals surface area contributed by atoms with Crippen LogP contribution in [0.5, 0.6) is 0 Å². The third kappa shape index (κ3) is 1.68. The minimum atomic E-state index is -4.87. The van der Waals surface area contributed by atoms with Crippen molar-refractivity contribution in [3.05, 3.63) is 0 Å². The minimum absolute atomic E-state index is 1.03. The van der Waals surface area contributed by atoms with Gasteiger partial charge in [-0.25, -0.2) is 0 Å². The Hall–Kier alpha value is 0.210. The van der Waals surface area contributed by atoms with Gasteiger partial charge in [-0.1, -0.05) is 0 Å². The van der Waals surface area contributed by atoms with Gasteiger partial charge in [0.05, 0.1) is 0 Å². The summed E-state index contributed by atoms with van der Waals surface area (Å²) in [5, 5.41) is 3.23. The summed E-state index contributed by atoms with van der Waals surface area (Å²) in [7, 11) is -2.28. The van der Waals surface area contributed by atoms with Crippen LogP contribution >= 0.6 is 7.53 Å². The van der Waals surface area contributed by atoms with Crippen molar-refractivity contribution in [1.82, 2.24) is 10.2 Å². The molecule has 0 saturated heterocycles. The third-order valence-electron chi connectivity index (χ3n) is 1.96. The first-order valence-electron chi connectivity index (χ1n) is 3.51. The van der Waals surface area contributed by atoms with Gasteiger partial charge < -0.3 is 0 Å². The predicted octanol–water partition coefficient (Wildman–Crippen LogP) is 2.38. The molecule has 0 unspecified atom stereocenters. The van der Waals surface area contributed by atoms with Crippen molar-refractivity contribution < 1.29 is 8.39 Å². The average Bonchev–Trinajstić information content (AvgIpc) is 1.86. The second-order valence-electron chi connectivity index (χ2n) is 3.52. The number of hydrogen-bond donors (Lipinski definition) is 2. The fourth-order valence-corrected chi connectivity index (χ4v) is 2.35. The molecule has 0 rings (SSSR count). The van der Waals surface area contributed by atoms with E-state index in [1.54, 1.807) is 0 Å². The molecule has 2 N–H and O–H groups in total. The van der Waals surface area contributed by atoms with Crippen LogP contribution in [0.4, 0.5) is 8.39 Å². The van der Waals surface area contributed by atoms with Gasteiger partial charge in [0.2, 0.25) is 0 Å². The van der Waals surface area contributed by atoms with E-state index < -0.39 is 12.7 Å². The van der Waals surface area contributed by atoms with E-state index in [9.17, 15) is 8.39 Å². The second-order valence-corrected chi connectivity index (χ2v) is 7.57. The molecule has 0 aromatic rings. The van der Waals surface area contributed by atoms with Crippen LogP contribution < -0.4 is 10.2 Å². The molecule has 11 heavy (non-hydrogen) atoms. The van der Waals surface area contributed by atoms with E-state index >= 15 is 0 Å². The summed E-state index contributed by atoms with van der Waals surface area (Å²) in [6.45, 7) is 4.58. The van der Waals surface area contributed by atoms with Crippen molar-refractivity contribution in [2.75, 3.05) is 14.1 Å². The summed E-state index contributed by atoms with van der Waals surface area (Å²) in [4.78, 5) is 0. The Balaban J connectivity index is 4.89. The summed E-state index contributed by atoms with van der Waals surface area (Å²) in [5.41, 5.74) is 0. The van der Waals surface area contributed by atoms with Gasteiger partial charge in [0.1, 0.15) is 0 Å². The summed E-state index contributed by atoms with van der Waals surface area (Å²) in [5.74, 6) is 0. The molecule has 0 atom stereocenters. The molecule has 0 aromatic heterocycles. The first-order chi connectivity index (χ1) is 4.66. The van der Waals surface area contributed by atoms with E-state index in [1.807, 2.05) is 0 Å². The predicted molar refractivity (Wildman–Crippen MR) is 47.0 cm³/mol. The maximum atomic E-state index is 13.7. The molecular weight excluding hydrogens is 169 g/mol. The summed E-state index contributed by atoms with van der Waals surface area (Å²) >= 11 is 0. The molecule has 5 heteroatoms. The first kappa shape index (κ1) is 11.2. The Bertz CT molecular complexity index is 145. The van der Waals surface area contributed by atoms with Crippen molar-refractivity contribution >= 4 is 7.53 Å². The quantitative estimate of drug-likeness (QED) is 0.647. The van der Waals surface area contributed by atoms with Crippen LogP contribution in [0.25, 0.3) is 0 Å². The molecule has 0 saturated carbocycles. The zero-order chi connectivity index (χ0) is 9.36. The van der Waals surface area contributed by atoms with Crippen LogP contribution in [-0.4, -0.2) is 19.3 Å². The van der Waals surface area contributed by atoms with E-state index in [4.69, 9.17) is 0 Å². The zero-order valence-electron chi connectivity index (χ0n) is 7.70. The van der Waals surface area contributed by atoms with Crippen molar-refractivity contribution in [3.8, 4) is 0 Å². The molecule has 0 spiro atoms. The summed E-state index contributed by atoms with van der Waals surface area (Å²) in [6, 6.07) is 0. The van der Waals surface area contributed by atoms with Crippen LogP contribution in [0.2, 0.25) is 0 Å². The molecule has 0 amide bonds. The first-order valence-corrected chi connectivity index (χ1v) is 5.53. The molecule has 0 aliphatic carbocycles. The second kappa shape index (κ2) is 2.61. The molecule has 70 valence electrons. The van der Waals surface area contributed by atoms with E-state index in [0.29, 0.717) is 0 Å². The van der Waals surface area contributed by atoms with Crippen LogP contribution in [-0.2, 0) is 0 Å². The number of halogens is 2. The molecule has 0 aromatic carbocycles. The monoisotopic (exact) mass is 186 g/mol. The van der Waals surface area contributed by atoms with Crippen molar-refractivity contribution in [2.24, 2.45) is 0 Å². The fraction of sp³-hybridized carbons (Fsp3) is 1.00. The van der Waals surface area contributed by atoms with Gasteiger partial charge in [-0.05, 0) is 0 Å². The molecule has 0 fully saturated rings. The number of rotatable bonds is 2. The number of nitrogens with one attached hydrogen (secondary N) is 2. The van der Waals surface area contributed by atoms with Crippen molar-refractivity contribution in [1.29, 1.82) is 0 Å². The molecule has 0 aliphatic heterocycles.